The number of carbonyl (C=O) groups is 2. The highest BCUT2D eigenvalue weighted by Crippen LogP contribution is 2.24. The molecule has 0 heterocycles. The summed E-state index contributed by atoms with van der Waals surface area (Å²) < 4.78 is 35.8. The van der Waals surface area contributed by atoms with Crippen LogP contribution < -0.4 is 4.31 Å². The summed E-state index contributed by atoms with van der Waals surface area (Å²) in [6.45, 7) is 8.14. The molecular weight excluding hydrogens is 386 g/mol. The number of benzene rings is 1. The van der Waals surface area contributed by atoms with Gasteiger partial charge in [0.25, 0.3) is 0 Å². The quantitative estimate of drug-likeness (QED) is 0.486. The third-order valence-corrected chi connectivity index (χ3v) is 4.59. The van der Waals surface area contributed by atoms with Crippen LogP contribution in [0.5, 0.6) is 0 Å². The van der Waals surface area contributed by atoms with E-state index in [0.717, 1.165) is 10.6 Å². The maximum absolute atomic E-state index is 12.4. The Kier molecular flexibility index (Phi) is 8.19. The van der Waals surface area contributed by atoms with Gasteiger partial charge in [-0.2, -0.15) is 0 Å². The zero-order valence-electron chi connectivity index (χ0n) is 16.5. The maximum Gasteiger partial charge on any atom is 0.338 e. The smallest absolute Gasteiger partial charge is 0.338 e. The van der Waals surface area contributed by atoms with E-state index in [1.807, 2.05) is 0 Å². The number of nitrogens with zero attached hydrogens (tertiary/aromatic N) is 1. The Morgan fingerprint density at radius 3 is 2.25 bits per heavy atom. The highest BCUT2D eigenvalue weighted by atomic mass is 32.2. The van der Waals surface area contributed by atoms with Gasteiger partial charge in [0.1, 0.15) is 18.2 Å². The molecule has 1 rings (SSSR count). The van der Waals surface area contributed by atoms with Crippen molar-refractivity contribution in [1.82, 2.24) is 0 Å². The van der Waals surface area contributed by atoms with Crippen molar-refractivity contribution in [3.05, 3.63) is 42.5 Å². The Labute approximate surface area is 165 Å². The first-order valence-electron chi connectivity index (χ1n) is 8.62. The fourth-order valence-electron chi connectivity index (χ4n) is 2.37. The fourth-order valence-corrected chi connectivity index (χ4v) is 3.53. The number of aliphatic hydroxyl groups is 1. The van der Waals surface area contributed by atoms with Gasteiger partial charge in [0.15, 0.2) is 0 Å². The average molecular weight is 413 g/mol. The third kappa shape index (κ3) is 6.97. The summed E-state index contributed by atoms with van der Waals surface area (Å²) in [4.78, 5) is 24.5. The molecule has 0 aliphatic heterocycles. The zero-order chi connectivity index (χ0) is 21.5. The molecule has 1 atom stereocenters. The molecule has 0 aliphatic rings. The van der Waals surface area contributed by atoms with Crippen molar-refractivity contribution in [2.75, 3.05) is 23.8 Å². The molecule has 1 aromatic carbocycles. The molecule has 0 bridgehead atoms. The Morgan fingerprint density at radius 2 is 1.82 bits per heavy atom. The lowest BCUT2D eigenvalue weighted by Crippen LogP contribution is -2.46. The number of ether oxygens (including phenoxy) is 2. The molecule has 0 amide bonds. The first-order chi connectivity index (χ1) is 12.9. The molecule has 0 aromatic heterocycles. The van der Waals surface area contributed by atoms with Crippen molar-refractivity contribution in [1.29, 1.82) is 0 Å². The van der Waals surface area contributed by atoms with Gasteiger partial charge in [0.05, 0.1) is 17.5 Å². The standard InChI is InChI=1S/C19H27NO7S/c1-6-13-26-18(23)16(11-12-21)20(28(5,24)25)15-9-7-14(8-10-15)17(22)27-19(2,3)4/h6-10,16,21H,1,11-13H2,2-5H3. The number of anilines is 1. The number of sulfonamides is 1. The van der Waals surface area contributed by atoms with Gasteiger partial charge < -0.3 is 14.6 Å². The SMILES string of the molecule is C=CCOC(=O)C(CCO)N(c1ccc(C(=O)OC(C)(C)C)cc1)S(C)(=O)=O. The second-order valence-corrected chi connectivity index (χ2v) is 8.91. The zero-order valence-corrected chi connectivity index (χ0v) is 17.4. The molecule has 0 spiro atoms. The van der Waals surface area contributed by atoms with Gasteiger partial charge in [-0.05, 0) is 45.0 Å². The van der Waals surface area contributed by atoms with E-state index in [1.165, 1.54) is 30.3 Å². The van der Waals surface area contributed by atoms with E-state index in [0.29, 0.717) is 0 Å². The van der Waals surface area contributed by atoms with E-state index in [2.05, 4.69) is 6.58 Å². The molecular formula is C19H27NO7S. The molecule has 0 fully saturated rings. The van der Waals surface area contributed by atoms with Crippen molar-refractivity contribution in [3.8, 4) is 0 Å². The number of esters is 2. The summed E-state index contributed by atoms with van der Waals surface area (Å²) in [5.74, 6) is -1.36. The first-order valence-corrected chi connectivity index (χ1v) is 10.5. The maximum atomic E-state index is 12.4. The first kappa shape index (κ1) is 23.6. The highest BCUT2D eigenvalue weighted by Gasteiger charge is 2.33. The molecule has 9 heteroatoms. The van der Waals surface area contributed by atoms with Crippen LogP contribution in [-0.4, -0.2) is 56.6 Å². The lowest BCUT2D eigenvalue weighted by atomic mass is 10.1. The van der Waals surface area contributed by atoms with Crippen molar-refractivity contribution in [2.45, 2.75) is 38.8 Å². The second kappa shape index (κ2) is 9.70. The number of rotatable bonds is 9. The minimum Gasteiger partial charge on any atom is -0.460 e. The third-order valence-electron chi connectivity index (χ3n) is 3.41. The van der Waals surface area contributed by atoms with E-state index < -0.39 is 40.2 Å². The van der Waals surface area contributed by atoms with E-state index in [9.17, 15) is 23.1 Å². The summed E-state index contributed by atoms with van der Waals surface area (Å²) >= 11 is 0. The molecule has 1 N–H and O–H groups in total. The predicted molar refractivity (Wildman–Crippen MR) is 106 cm³/mol. The molecule has 0 aliphatic carbocycles. The molecule has 156 valence electrons. The number of aliphatic hydroxyl groups excluding tert-OH is 1. The Balaban J connectivity index is 3.24. The van der Waals surface area contributed by atoms with E-state index in [-0.39, 0.29) is 24.3 Å². The van der Waals surface area contributed by atoms with Crippen LogP contribution in [0.3, 0.4) is 0 Å². The Bertz CT molecular complexity index is 795. The van der Waals surface area contributed by atoms with Crippen molar-refractivity contribution in [2.24, 2.45) is 0 Å². The number of hydrogen-bond acceptors (Lipinski definition) is 7. The van der Waals surface area contributed by atoms with Crippen LogP contribution >= 0.6 is 0 Å². The minimum atomic E-state index is -3.89. The lowest BCUT2D eigenvalue weighted by molar-refractivity contribution is -0.144. The van der Waals surface area contributed by atoms with Gasteiger partial charge in [-0.25, -0.2) is 18.0 Å². The van der Waals surface area contributed by atoms with Crippen molar-refractivity contribution >= 4 is 27.6 Å². The molecule has 1 unspecified atom stereocenters. The van der Waals surface area contributed by atoms with E-state index in [4.69, 9.17) is 9.47 Å². The summed E-state index contributed by atoms with van der Waals surface area (Å²) in [7, 11) is -3.89. The summed E-state index contributed by atoms with van der Waals surface area (Å²) in [5, 5.41) is 9.29. The number of hydrogen-bond donors (Lipinski definition) is 1. The average Bonchev–Trinajstić information content (AvgIpc) is 2.57. The molecule has 0 radical (unpaired) electrons. The van der Waals surface area contributed by atoms with Crippen LogP contribution in [0, 0.1) is 0 Å². The van der Waals surface area contributed by atoms with Crippen molar-refractivity contribution in [3.63, 3.8) is 0 Å². The summed E-state index contributed by atoms with van der Waals surface area (Å²) in [6, 6.07) is 4.35. The second-order valence-electron chi connectivity index (χ2n) is 7.05. The Hall–Kier alpha value is -2.39. The van der Waals surface area contributed by atoms with Gasteiger partial charge in [0, 0.05) is 13.0 Å². The van der Waals surface area contributed by atoms with Gasteiger partial charge in [-0.15, -0.1) is 0 Å². The van der Waals surface area contributed by atoms with Crippen LogP contribution in [0.2, 0.25) is 0 Å². The van der Waals surface area contributed by atoms with Gasteiger partial charge in [-0.1, -0.05) is 12.7 Å². The fraction of sp³-hybridized carbons (Fsp3) is 0.474. The van der Waals surface area contributed by atoms with Crippen LogP contribution in [0.25, 0.3) is 0 Å². The normalized spacial score (nSPS) is 12.8. The summed E-state index contributed by atoms with van der Waals surface area (Å²) in [6.07, 6.45) is 2.14. The summed E-state index contributed by atoms with van der Waals surface area (Å²) in [5.41, 5.74) is -0.278. The van der Waals surface area contributed by atoms with Gasteiger partial charge >= 0.3 is 11.9 Å². The van der Waals surface area contributed by atoms with E-state index >= 15 is 0 Å². The Morgan fingerprint density at radius 1 is 1.25 bits per heavy atom. The molecule has 1 aromatic rings. The molecule has 28 heavy (non-hydrogen) atoms. The highest BCUT2D eigenvalue weighted by molar-refractivity contribution is 7.92. The minimum absolute atomic E-state index is 0.0874. The monoisotopic (exact) mass is 413 g/mol. The van der Waals surface area contributed by atoms with Crippen LogP contribution in [0.4, 0.5) is 5.69 Å². The van der Waals surface area contributed by atoms with Crippen molar-refractivity contribution < 1.29 is 32.6 Å². The van der Waals surface area contributed by atoms with E-state index in [1.54, 1.807) is 20.8 Å². The van der Waals surface area contributed by atoms with Crippen LogP contribution in [-0.2, 0) is 24.3 Å². The molecule has 0 saturated heterocycles. The molecule has 8 nitrogen and oxygen atoms in total. The van der Waals surface area contributed by atoms with Gasteiger partial charge in [0.2, 0.25) is 10.0 Å². The lowest BCUT2D eigenvalue weighted by Gasteiger charge is -2.29. The van der Waals surface area contributed by atoms with Gasteiger partial charge in [-0.3, -0.25) is 4.31 Å². The molecule has 0 saturated carbocycles. The predicted octanol–water partition coefficient (Wildman–Crippen LogP) is 1.89. The topological polar surface area (TPSA) is 110 Å². The van der Waals surface area contributed by atoms with Crippen LogP contribution in [0.1, 0.15) is 37.6 Å². The number of carbonyl (C=O) groups excluding carboxylic acids is 2. The largest absolute Gasteiger partial charge is 0.460 e. The van der Waals surface area contributed by atoms with Crippen LogP contribution in [0.15, 0.2) is 36.9 Å².